The van der Waals surface area contributed by atoms with Gasteiger partial charge in [0.05, 0.1) is 11.7 Å². The van der Waals surface area contributed by atoms with E-state index in [0.717, 1.165) is 20.8 Å². The number of carboxylic acids is 1. The van der Waals surface area contributed by atoms with Gasteiger partial charge in [0.2, 0.25) is 5.91 Å². The van der Waals surface area contributed by atoms with Gasteiger partial charge in [-0.05, 0) is 42.5 Å². The molecule has 0 heterocycles. The van der Waals surface area contributed by atoms with Crippen molar-refractivity contribution in [2.24, 2.45) is 5.73 Å². The number of hydrogen-bond donors (Lipinski definition) is 2. The lowest BCUT2D eigenvalue weighted by atomic mass is 10.0. The second-order valence-electron chi connectivity index (χ2n) is 6.66. The van der Waals surface area contributed by atoms with Gasteiger partial charge in [-0.15, -0.1) is 0 Å². The lowest BCUT2D eigenvalue weighted by Crippen LogP contribution is -2.51. The van der Waals surface area contributed by atoms with Crippen LogP contribution in [-0.2, 0) is 16.0 Å². The summed E-state index contributed by atoms with van der Waals surface area (Å²) in [5.41, 5.74) is 7.66. The molecule has 0 bridgehead atoms. The van der Waals surface area contributed by atoms with Crippen molar-refractivity contribution in [2.75, 3.05) is 4.90 Å². The van der Waals surface area contributed by atoms with Crippen LogP contribution in [0.25, 0.3) is 10.8 Å². The summed E-state index contributed by atoms with van der Waals surface area (Å²) in [7, 11) is 0. The van der Waals surface area contributed by atoms with E-state index in [-0.39, 0.29) is 0 Å². The molecule has 0 aliphatic heterocycles. The van der Waals surface area contributed by atoms with Crippen LogP contribution in [0.2, 0.25) is 0 Å². The second-order valence-corrected chi connectivity index (χ2v) is 7.57. The molecule has 0 radical (unpaired) electrons. The van der Waals surface area contributed by atoms with Crippen LogP contribution in [-0.4, -0.2) is 29.1 Å². The van der Waals surface area contributed by atoms with Gasteiger partial charge in [-0.1, -0.05) is 64.5 Å². The van der Waals surface area contributed by atoms with Crippen LogP contribution in [0.5, 0.6) is 0 Å². The van der Waals surface area contributed by atoms with E-state index in [1.54, 1.807) is 6.07 Å². The molecule has 3 N–H and O–H groups in total. The maximum absolute atomic E-state index is 13.2. The van der Waals surface area contributed by atoms with Gasteiger partial charge in [-0.25, -0.2) is 4.79 Å². The molecule has 0 unspecified atom stereocenters. The average molecular weight is 441 g/mol. The van der Waals surface area contributed by atoms with Gasteiger partial charge >= 0.3 is 5.97 Å². The van der Waals surface area contributed by atoms with Gasteiger partial charge < -0.3 is 10.8 Å². The molecule has 0 aromatic heterocycles. The van der Waals surface area contributed by atoms with Crippen LogP contribution in [0.15, 0.2) is 71.2 Å². The maximum Gasteiger partial charge on any atom is 0.326 e. The molecule has 0 aliphatic rings. The Bertz CT molecular complexity index is 999. The van der Waals surface area contributed by atoms with E-state index in [9.17, 15) is 14.7 Å². The molecule has 144 valence electrons. The summed E-state index contributed by atoms with van der Waals surface area (Å²) in [5, 5.41) is 11.3. The predicted octanol–water partition coefficient (Wildman–Crippen LogP) is 3.98. The number of halogens is 1. The van der Waals surface area contributed by atoms with Gasteiger partial charge in [-0.3, -0.25) is 9.69 Å². The van der Waals surface area contributed by atoms with Crippen molar-refractivity contribution >= 4 is 44.3 Å². The third kappa shape index (κ3) is 4.24. The van der Waals surface area contributed by atoms with Gasteiger partial charge in [0.15, 0.2) is 0 Å². The number of carbonyl (C=O) groups is 2. The minimum Gasteiger partial charge on any atom is -0.480 e. The Labute approximate surface area is 171 Å². The number of nitrogens with zero attached hydrogens (tertiary/aromatic N) is 1. The van der Waals surface area contributed by atoms with Crippen LogP contribution in [0, 0.1) is 0 Å². The van der Waals surface area contributed by atoms with Gasteiger partial charge in [0.25, 0.3) is 0 Å². The number of nitrogens with two attached hydrogens (primary N) is 1. The first-order chi connectivity index (χ1) is 13.4. The average Bonchev–Trinajstić information content (AvgIpc) is 2.69. The summed E-state index contributed by atoms with van der Waals surface area (Å²) in [6, 6.07) is 18.7. The molecule has 0 aliphatic carbocycles. The molecule has 28 heavy (non-hydrogen) atoms. The number of aliphatic carboxylic acids is 1. The molecule has 6 heteroatoms. The zero-order valence-corrected chi connectivity index (χ0v) is 17.0. The van der Waals surface area contributed by atoms with Crippen LogP contribution in [0.3, 0.4) is 0 Å². The third-order valence-corrected chi connectivity index (χ3v) is 5.22. The van der Waals surface area contributed by atoms with Crippen molar-refractivity contribution in [3.8, 4) is 0 Å². The smallest absolute Gasteiger partial charge is 0.326 e. The highest BCUT2D eigenvalue weighted by Crippen LogP contribution is 2.29. The number of rotatable bonds is 6. The van der Waals surface area contributed by atoms with E-state index in [1.807, 2.05) is 60.7 Å². The van der Waals surface area contributed by atoms with Crippen molar-refractivity contribution in [2.45, 2.75) is 25.4 Å². The van der Waals surface area contributed by atoms with Crippen molar-refractivity contribution in [3.05, 3.63) is 76.8 Å². The first kappa shape index (κ1) is 20.0. The number of amides is 1. The topological polar surface area (TPSA) is 83.6 Å². The van der Waals surface area contributed by atoms with E-state index in [2.05, 4.69) is 15.9 Å². The summed E-state index contributed by atoms with van der Waals surface area (Å²) in [6.45, 7) is 1.49. The maximum atomic E-state index is 13.2. The highest BCUT2D eigenvalue weighted by Gasteiger charge is 2.31. The van der Waals surface area contributed by atoms with Crippen molar-refractivity contribution < 1.29 is 14.7 Å². The number of fused-ring (bicyclic) bond motifs is 1. The summed E-state index contributed by atoms with van der Waals surface area (Å²) in [6.07, 6.45) is 0.319. The fourth-order valence-corrected chi connectivity index (χ4v) is 3.45. The molecule has 0 fully saturated rings. The number of hydrogen-bond acceptors (Lipinski definition) is 3. The summed E-state index contributed by atoms with van der Waals surface area (Å²) in [5.74, 6) is -1.51. The molecule has 3 aromatic rings. The van der Waals surface area contributed by atoms with E-state index >= 15 is 0 Å². The number of carboxylic acid groups (broad SMARTS) is 1. The van der Waals surface area contributed by atoms with Crippen molar-refractivity contribution in [1.82, 2.24) is 0 Å². The molecule has 0 saturated heterocycles. The molecule has 3 aromatic carbocycles. The minimum atomic E-state index is -1.09. The monoisotopic (exact) mass is 440 g/mol. The largest absolute Gasteiger partial charge is 0.480 e. The SMILES string of the molecule is C[C@@H](C(=O)O)N(C(=O)[C@@H](N)Cc1ccc(Br)cc1)c1cccc2ccccc12. The summed E-state index contributed by atoms with van der Waals surface area (Å²) in [4.78, 5) is 26.3. The van der Waals surface area contributed by atoms with Crippen LogP contribution < -0.4 is 10.6 Å². The number of carbonyl (C=O) groups excluding carboxylic acids is 1. The fourth-order valence-electron chi connectivity index (χ4n) is 3.19. The molecule has 1 amide bonds. The third-order valence-electron chi connectivity index (χ3n) is 4.69. The van der Waals surface area contributed by atoms with E-state index in [0.29, 0.717) is 12.1 Å². The second kappa shape index (κ2) is 8.54. The highest BCUT2D eigenvalue weighted by molar-refractivity contribution is 9.10. The van der Waals surface area contributed by atoms with Crippen LogP contribution in [0.4, 0.5) is 5.69 Å². The lowest BCUT2D eigenvalue weighted by Gasteiger charge is -2.30. The summed E-state index contributed by atoms with van der Waals surface area (Å²) < 4.78 is 0.938. The lowest BCUT2D eigenvalue weighted by molar-refractivity contribution is -0.139. The Balaban J connectivity index is 1.98. The van der Waals surface area contributed by atoms with E-state index in [1.165, 1.54) is 11.8 Å². The molecule has 2 atom stereocenters. The van der Waals surface area contributed by atoms with Gasteiger partial charge in [0, 0.05) is 9.86 Å². The Morgan fingerprint density at radius 1 is 1.04 bits per heavy atom. The Morgan fingerprint density at radius 3 is 2.36 bits per heavy atom. The minimum absolute atomic E-state index is 0.319. The predicted molar refractivity (Wildman–Crippen MR) is 114 cm³/mol. The van der Waals surface area contributed by atoms with E-state index < -0.39 is 24.0 Å². The Morgan fingerprint density at radius 2 is 1.68 bits per heavy atom. The fraction of sp³-hybridized carbons (Fsp3) is 0.182. The zero-order chi connectivity index (χ0) is 20.3. The van der Waals surface area contributed by atoms with Gasteiger partial charge in [-0.2, -0.15) is 0 Å². The number of benzene rings is 3. The van der Waals surface area contributed by atoms with Crippen LogP contribution in [0.1, 0.15) is 12.5 Å². The molecular formula is C22H21BrN2O3. The normalized spacial score (nSPS) is 13.1. The van der Waals surface area contributed by atoms with Crippen LogP contribution >= 0.6 is 15.9 Å². The van der Waals surface area contributed by atoms with Crippen molar-refractivity contribution in [1.29, 1.82) is 0 Å². The molecular weight excluding hydrogens is 420 g/mol. The Hall–Kier alpha value is -2.70. The Kier molecular flexibility index (Phi) is 6.11. The zero-order valence-electron chi connectivity index (χ0n) is 15.4. The first-order valence-corrected chi connectivity index (χ1v) is 9.71. The first-order valence-electron chi connectivity index (χ1n) is 8.92. The van der Waals surface area contributed by atoms with Gasteiger partial charge in [0.1, 0.15) is 6.04 Å². The quantitative estimate of drug-likeness (QED) is 0.606. The highest BCUT2D eigenvalue weighted by atomic mass is 79.9. The summed E-state index contributed by atoms with van der Waals surface area (Å²) >= 11 is 3.38. The molecule has 3 rings (SSSR count). The molecule has 0 spiro atoms. The standard InChI is InChI=1S/C22H21BrN2O3/c1-14(22(27)28)25(20-8-4-6-16-5-2-3-7-18(16)20)21(26)19(24)13-15-9-11-17(23)12-10-15/h2-12,14,19H,13,24H2,1H3,(H,27,28)/t14-,19-/m0/s1. The van der Waals surface area contributed by atoms with Crippen molar-refractivity contribution in [3.63, 3.8) is 0 Å². The van der Waals surface area contributed by atoms with E-state index in [4.69, 9.17) is 5.73 Å². The molecule has 0 saturated carbocycles. The molecule has 5 nitrogen and oxygen atoms in total. The number of anilines is 1.